The van der Waals surface area contributed by atoms with Gasteiger partial charge in [0.1, 0.15) is 19.7 Å². The molecule has 0 atom stereocenters. The second-order valence-electron chi connectivity index (χ2n) is 10.8. The van der Waals surface area contributed by atoms with E-state index in [0.29, 0.717) is 17.4 Å². The Bertz CT molecular complexity index is 1140. The van der Waals surface area contributed by atoms with Crippen LogP contribution in [0.3, 0.4) is 0 Å². The molecule has 2 aromatic rings. The molecule has 1 aromatic heterocycles. The third-order valence-electron chi connectivity index (χ3n) is 8.15. The summed E-state index contributed by atoms with van der Waals surface area (Å²) in [6.07, 6.45) is 9.41. The van der Waals surface area contributed by atoms with Crippen molar-refractivity contribution in [2.75, 3.05) is 44.4 Å². The fraction of sp³-hybridized carbons (Fsp3) is 0.571. The fourth-order valence-corrected chi connectivity index (χ4v) is 6.02. The molecule has 1 aromatic carbocycles. The number of likely N-dealkylation sites (tertiary alicyclic amines) is 1. The molecule has 0 unspecified atom stereocenters. The van der Waals surface area contributed by atoms with Crippen LogP contribution in [0.4, 0.5) is 5.82 Å². The lowest BCUT2D eigenvalue weighted by Gasteiger charge is -2.40. The average Bonchev–Trinajstić information content (AvgIpc) is 2.98. The van der Waals surface area contributed by atoms with Crippen LogP contribution >= 0.6 is 0 Å². The van der Waals surface area contributed by atoms with Gasteiger partial charge in [-0.15, -0.1) is 0 Å². The van der Waals surface area contributed by atoms with Gasteiger partial charge in [-0.2, -0.15) is 5.26 Å². The molecule has 2 aliphatic heterocycles. The third-order valence-corrected chi connectivity index (χ3v) is 8.15. The molecule has 3 aliphatic rings. The van der Waals surface area contributed by atoms with Gasteiger partial charge in [0, 0.05) is 37.4 Å². The highest BCUT2D eigenvalue weighted by molar-refractivity contribution is 6.35. The molecule has 1 saturated carbocycles. The normalized spacial score (nSPS) is 20.1. The van der Waals surface area contributed by atoms with Crippen molar-refractivity contribution in [3.05, 3.63) is 47.4 Å². The quantitative estimate of drug-likeness (QED) is 0.437. The number of morpholine rings is 1. The number of ether oxygens (including phenoxy) is 1. The number of hydrogen-bond acceptors (Lipinski definition) is 8. The van der Waals surface area contributed by atoms with Crippen LogP contribution in [0.15, 0.2) is 30.5 Å². The van der Waals surface area contributed by atoms with E-state index >= 15 is 0 Å². The number of carbonyl (C=O) groups is 1. The van der Waals surface area contributed by atoms with Gasteiger partial charge in [0.25, 0.3) is 5.91 Å². The second kappa shape index (κ2) is 12.7. The van der Waals surface area contributed by atoms with E-state index < -0.39 is 0 Å². The van der Waals surface area contributed by atoms with Crippen LogP contribution in [0.2, 0.25) is 0 Å². The topological polar surface area (TPSA) is 97.6 Å². The van der Waals surface area contributed by atoms with Gasteiger partial charge >= 0.3 is 0 Å². The number of benzene rings is 1. The van der Waals surface area contributed by atoms with Crippen molar-refractivity contribution in [1.29, 1.82) is 5.26 Å². The molecule has 2 saturated heterocycles. The van der Waals surface area contributed by atoms with Crippen LogP contribution in [0, 0.1) is 11.3 Å². The van der Waals surface area contributed by atoms with E-state index in [1.54, 1.807) is 6.20 Å². The van der Waals surface area contributed by atoms with Crippen molar-refractivity contribution >= 4 is 25.0 Å². The summed E-state index contributed by atoms with van der Waals surface area (Å²) >= 11 is 0. The summed E-state index contributed by atoms with van der Waals surface area (Å²) < 4.78 is 5.51. The van der Waals surface area contributed by atoms with E-state index in [2.05, 4.69) is 31.3 Å². The molecule has 0 spiro atoms. The Balaban J connectivity index is 1.25. The first kappa shape index (κ1) is 26.6. The van der Waals surface area contributed by atoms with Gasteiger partial charge in [-0.25, -0.2) is 9.97 Å². The molecular formula is C28H38BN7O2. The smallest absolute Gasteiger partial charge is 0.269 e. The first-order valence-corrected chi connectivity index (χ1v) is 14.1. The molecule has 0 radical (unpaired) electrons. The van der Waals surface area contributed by atoms with Gasteiger partial charge in [0.05, 0.1) is 19.3 Å². The molecule has 1 N–H and O–H groups in total. The van der Waals surface area contributed by atoms with Crippen LogP contribution < -0.4 is 15.9 Å². The number of rotatable bonds is 7. The molecular weight excluding hydrogens is 477 g/mol. The molecule has 1 aliphatic carbocycles. The van der Waals surface area contributed by atoms with Gasteiger partial charge in [-0.05, 0) is 61.9 Å². The summed E-state index contributed by atoms with van der Waals surface area (Å²) in [5.74, 6) is 0.566. The van der Waals surface area contributed by atoms with Gasteiger partial charge in [0.2, 0.25) is 5.82 Å². The van der Waals surface area contributed by atoms with Crippen LogP contribution in [-0.4, -0.2) is 85.0 Å². The Morgan fingerprint density at radius 1 is 1.13 bits per heavy atom. The monoisotopic (exact) mass is 515 g/mol. The summed E-state index contributed by atoms with van der Waals surface area (Å²) in [6.45, 7) is 6.79. The van der Waals surface area contributed by atoms with E-state index in [0.717, 1.165) is 82.6 Å². The number of carbonyl (C=O) groups excluding carboxylic acids is 1. The van der Waals surface area contributed by atoms with Crippen molar-refractivity contribution in [2.45, 2.75) is 63.6 Å². The number of anilines is 1. The lowest BCUT2D eigenvalue weighted by Crippen LogP contribution is -2.52. The molecule has 200 valence electrons. The molecule has 38 heavy (non-hydrogen) atoms. The second-order valence-corrected chi connectivity index (χ2v) is 10.8. The van der Waals surface area contributed by atoms with Gasteiger partial charge in [0.15, 0.2) is 0 Å². The molecule has 3 fully saturated rings. The highest BCUT2D eigenvalue weighted by Gasteiger charge is 2.28. The Labute approximate surface area is 226 Å². The zero-order chi connectivity index (χ0) is 26.3. The van der Waals surface area contributed by atoms with Crippen LogP contribution in [0.1, 0.15) is 66.7 Å². The van der Waals surface area contributed by atoms with E-state index in [4.69, 9.17) is 4.74 Å². The SMILES string of the molecule is Bc1cnc(C#N)nc1N(NC(=O)c1cccc(CN2CCC(N3CCOCC3)CC2)c1)C1CCCCC1. The first-order valence-electron chi connectivity index (χ1n) is 14.1. The largest absolute Gasteiger partial charge is 0.379 e. The zero-order valence-electron chi connectivity index (χ0n) is 22.4. The standard InChI is InChI=1S/C28H38BN7O2/c29-25-19-31-26(18-30)32-27(25)36(24-7-2-1-3-8-24)33-28(37)22-6-4-5-21(17-22)20-34-11-9-23(10-12-34)35-13-15-38-16-14-35/h4-6,17,19,23-24H,1-3,7-16,20,29H2,(H,33,37). The number of nitrogens with zero attached hydrogens (tertiary/aromatic N) is 6. The molecule has 0 bridgehead atoms. The minimum Gasteiger partial charge on any atom is -0.379 e. The first-order chi connectivity index (χ1) is 18.6. The number of nitrogens with one attached hydrogen (secondary N) is 1. The maximum Gasteiger partial charge on any atom is 0.269 e. The van der Waals surface area contributed by atoms with Crippen LogP contribution in [0.5, 0.6) is 0 Å². The summed E-state index contributed by atoms with van der Waals surface area (Å²) in [5.41, 5.74) is 5.77. The number of nitriles is 1. The Hall–Kier alpha value is -3.00. The predicted molar refractivity (Wildman–Crippen MR) is 149 cm³/mol. The summed E-state index contributed by atoms with van der Waals surface area (Å²) in [5, 5.41) is 11.3. The third kappa shape index (κ3) is 6.52. The van der Waals surface area contributed by atoms with Crippen LogP contribution in [-0.2, 0) is 11.3 Å². The van der Waals surface area contributed by atoms with Crippen molar-refractivity contribution in [3.8, 4) is 6.07 Å². The molecule has 10 heteroatoms. The van der Waals surface area contributed by atoms with Crippen molar-refractivity contribution in [2.24, 2.45) is 0 Å². The Morgan fingerprint density at radius 3 is 2.63 bits per heavy atom. The van der Waals surface area contributed by atoms with Gasteiger partial charge in [-0.3, -0.25) is 25.0 Å². The summed E-state index contributed by atoms with van der Waals surface area (Å²) in [6, 6.07) is 10.8. The Kier molecular flexibility index (Phi) is 8.89. The van der Waals surface area contributed by atoms with E-state index in [9.17, 15) is 10.1 Å². The zero-order valence-corrected chi connectivity index (χ0v) is 22.4. The lowest BCUT2D eigenvalue weighted by molar-refractivity contribution is 0.000228. The molecule has 1 amide bonds. The fourth-order valence-electron chi connectivity index (χ4n) is 6.02. The number of aromatic nitrogens is 2. The van der Waals surface area contributed by atoms with Gasteiger partial charge in [-0.1, -0.05) is 31.4 Å². The summed E-state index contributed by atoms with van der Waals surface area (Å²) in [7, 11) is 1.92. The summed E-state index contributed by atoms with van der Waals surface area (Å²) in [4.78, 5) is 27.2. The number of amides is 1. The maximum atomic E-state index is 13.5. The maximum absolute atomic E-state index is 13.5. The van der Waals surface area contributed by atoms with Crippen LogP contribution in [0.25, 0.3) is 0 Å². The van der Waals surface area contributed by atoms with Crippen molar-refractivity contribution < 1.29 is 9.53 Å². The minimum atomic E-state index is -0.153. The lowest BCUT2D eigenvalue weighted by atomic mass is 9.93. The Morgan fingerprint density at radius 2 is 1.89 bits per heavy atom. The number of hydrogen-bond donors (Lipinski definition) is 1. The molecule has 5 rings (SSSR count). The van der Waals surface area contributed by atoms with Crippen molar-refractivity contribution in [1.82, 2.24) is 25.2 Å². The number of hydrazine groups is 1. The van der Waals surface area contributed by atoms with E-state index in [-0.39, 0.29) is 17.8 Å². The predicted octanol–water partition coefficient (Wildman–Crippen LogP) is 1.39. The van der Waals surface area contributed by atoms with E-state index in [1.807, 2.05) is 37.1 Å². The number of piperidine rings is 1. The van der Waals surface area contributed by atoms with Gasteiger partial charge < -0.3 is 4.74 Å². The van der Waals surface area contributed by atoms with E-state index in [1.165, 1.54) is 19.3 Å². The average molecular weight is 515 g/mol. The molecule has 3 heterocycles. The highest BCUT2D eigenvalue weighted by atomic mass is 16.5. The van der Waals surface area contributed by atoms with Crippen molar-refractivity contribution in [3.63, 3.8) is 0 Å². The highest BCUT2D eigenvalue weighted by Crippen LogP contribution is 2.25. The molecule has 9 nitrogen and oxygen atoms in total. The minimum absolute atomic E-state index is 0.111.